The molecule has 14 nitrogen and oxygen atoms in total. The molecule has 0 aromatic carbocycles. The maximum atomic E-state index is 12.5. The molecule has 14 heteroatoms. The van der Waals surface area contributed by atoms with Gasteiger partial charge < -0.3 is 50.3 Å². The van der Waals surface area contributed by atoms with Crippen LogP contribution < -0.4 is 5.32 Å². The summed E-state index contributed by atoms with van der Waals surface area (Å²) in [5.74, 6) is -1.54. The zero-order chi connectivity index (χ0) is 30.1. The summed E-state index contributed by atoms with van der Waals surface area (Å²) in [6, 6.07) is 0. The molecule has 7 N–H and O–H groups in total. The third-order valence-corrected chi connectivity index (χ3v) is 6.83. The van der Waals surface area contributed by atoms with Crippen molar-refractivity contribution >= 4 is 11.8 Å². The number of rotatable bonds is 16. The summed E-state index contributed by atoms with van der Waals surface area (Å²) in [6.45, 7) is 7.59. The molecule has 0 aromatic heterocycles. The van der Waals surface area contributed by atoms with E-state index in [0.717, 1.165) is 0 Å². The molecule has 0 spiro atoms. The average molecular weight is 567 g/mol. The number of nitrogens with zero attached hydrogens (tertiary/aromatic N) is 3. The van der Waals surface area contributed by atoms with Gasteiger partial charge in [0.15, 0.2) is 12.4 Å². The second kappa shape index (κ2) is 16.1. The van der Waals surface area contributed by atoms with E-state index in [1.54, 1.807) is 16.9 Å². The van der Waals surface area contributed by atoms with Gasteiger partial charge in [-0.15, -0.1) is 0 Å². The molecule has 39 heavy (non-hydrogen) atoms. The van der Waals surface area contributed by atoms with Crippen molar-refractivity contribution in [2.45, 2.75) is 89.0 Å². The minimum absolute atomic E-state index is 0.00321. The molecule has 8 atom stereocenters. The van der Waals surface area contributed by atoms with E-state index in [1.165, 1.54) is 0 Å². The van der Waals surface area contributed by atoms with Gasteiger partial charge in [-0.25, -0.2) is 5.01 Å². The first kappa shape index (κ1) is 35.6. The molecule has 8 unspecified atom stereocenters. The molecule has 0 aliphatic carbocycles. The predicted molar refractivity (Wildman–Crippen MR) is 141 cm³/mol. The van der Waals surface area contributed by atoms with Crippen LogP contribution >= 0.6 is 0 Å². The second-order valence-electron chi connectivity index (χ2n) is 11.0. The van der Waals surface area contributed by atoms with Crippen LogP contribution in [-0.2, 0) is 19.1 Å². The Kier molecular flexibility index (Phi) is 14.7. The van der Waals surface area contributed by atoms with Crippen molar-refractivity contribution in [1.29, 1.82) is 0 Å². The highest BCUT2D eigenvalue weighted by Crippen LogP contribution is 2.25. The van der Waals surface area contributed by atoms with Crippen LogP contribution in [0.5, 0.6) is 0 Å². The van der Waals surface area contributed by atoms with E-state index < -0.39 is 66.9 Å². The van der Waals surface area contributed by atoms with Gasteiger partial charge >= 0.3 is 0 Å². The molecule has 2 amide bonds. The van der Waals surface area contributed by atoms with Crippen LogP contribution in [0.2, 0.25) is 0 Å². The fourth-order valence-electron chi connectivity index (χ4n) is 4.75. The predicted octanol–water partition coefficient (Wildman–Crippen LogP) is -2.91. The number of likely N-dealkylation sites (N-methyl/N-ethyl adjacent to an activating group) is 1. The maximum absolute atomic E-state index is 12.5. The van der Waals surface area contributed by atoms with Crippen LogP contribution in [0.3, 0.4) is 0 Å². The Labute approximate surface area is 231 Å². The fraction of sp³-hybridized carbons (Fsp3) is 0.920. The standard InChI is InChI=1S/C25H50N4O10/c1-8-18(33)29(27(5)6)25(3,4)14-28(7)11-9-10-26-23(37)21(36)20(35)22(16(31)12-30)39-24-19(34)15(2)17(32)13-38-24/h15-17,19-22,24,30-32,34-36H,8-14H2,1-7H3,(H,26,37). The zero-order valence-electron chi connectivity index (χ0n) is 24.2. The maximum Gasteiger partial charge on any atom is 0.251 e. The largest absolute Gasteiger partial charge is 0.394 e. The first-order valence-electron chi connectivity index (χ1n) is 13.3. The van der Waals surface area contributed by atoms with Crippen LogP contribution in [0.4, 0.5) is 0 Å². The highest BCUT2D eigenvalue weighted by Gasteiger charge is 2.43. The summed E-state index contributed by atoms with van der Waals surface area (Å²) in [5, 5.41) is 66.6. The number of hydrogen-bond donors (Lipinski definition) is 7. The molecule has 0 aromatic rings. The van der Waals surface area contributed by atoms with E-state index in [1.807, 2.05) is 46.8 Å². The second-order valence-corrected chi connectivity index (χ2v) is 11.0. The first-order chi connectivity index (χ1) is 18.1. The van der Waals surface area contributed by atoms with Gasteiger partial charge in [0, 0.05) is 39.5 Å². The lowest BCUT2D eigenvalue weighted by atomic mass is 9.95. The Morgan fingerprint density at radius 3 is 2.31 bits per heavy atom. The van der Waals surface area contributed by atoms with Crippen molar-refractivity contribution in [3.05, 3.63) is 0 Å². The molecule has 1 aliphatic rings. The van der Waals surface area contributed by atoms with E-state index in [0.29, 0.717) is 25.9 Å². The number of hydrazine groups is 1. The summed E-state index contributed by atoms with van der Waals surface area (Å²) in [4.78, 5) is 26.9. The van der Waals surface area contributed by atoms with E-state index >= 15 is 0 Å². The Hall–Kier alpha value is -1.46. The van der Waals surface area contributed by atoms with Gasteiger partial charge in [0.1, 0.15) is 24.4 Å². The molecular weight excluding hydrogens is 516 g/mol. The van der Waals surface area contributed by atoms with Crippen molar-refractivity contribution in [1.82, 2.24) is 20.2 Å². The van der Waals surface area contributed by atoms with Gasteiger partial charge in [0.05, 0.1) is 24.9 Å². The van der Waals surface area contributed by atoms with E-state index in [9.17, 15) is 40.2 Å². The number of hydrogen-bond acceptors (Lipinski definition) is 12. The minimum atomic E-state index is -2.01. The van der Waals surface area contributed by atoms with Crippen LogP contribution in [0, 0.1) is 5.92 Å². The fourth-order valence-corrected chi connectivity index (χ4v) is 4.75. The SMILES string of the molecule is CCC(=O)N(N(C)C)C(C)(C)CN(C)CCCNC(=O)C(O)C(O)C(OC1OCC(O)C(C)C1O)C(O)CO. The summed E-state index contributed by atoms with van der Waals surface area (Å²) >= 11 is 0. The van der Waals surface area contributed by atoms with Crippen molar-refractivity contribution in [3.8, 4) is 0 Å². The van der Waals surface area contributed by atoms with Gasteiger partial charge in [-0.3, -0.25) is 14.6 Å². The Morgan fingerprint density at radius 2 is 1.77 bits per heavy atom. The summed E-state index contributed by atoms with van der Waals surface area (Å²) in [6.07, 6.45) is -10.1. The molecule has 1 saturated heterocycles. The molecule has 0 saturated carbocycles. The lowest BCUT2D eigenvalue weighted by Gasteiger charge is -2.44. The molecule has 0 bridgehead atoms. The van der Waals surface area contributed by atoms with E-state index in [-0.39, 0.29) is 19.1 Å². The molecule has 1 aliphatic heterocycles. The number of nitrogens with one attached hydrogen (secondary N) is 1. The van der Waals surface area contributed by atoms with Crippen LogP contribution in [0.25, 0.3) is 0 Å². The van der Waals surface area contributed by atoms with E-state index in [2.05, 4.69) is 5.32 Å². The Morgan fingerprint density at radius 1 is 1.15 bits per heavy atom. The van der Waals surface area contributed by atoms with Crippen molar-refractivity contribution in [2.24, 2.45) is 5.92 Å². The molecule has 1 heterocycles. The normalized spacial score (nSPS) is 25.3. The topological polar surface area (TPSA) is 196 Å². The Bertz CT molecular complexity index is 758. The number of ether oxygens (including phenoxy) is 2. The molecule has 1 fully saturated rings. The van der Waals surface area contributed by atoms with E-state index in [4.69, 9.17) is 9.47 Å². The minimum Gasteiger partial charge on any atom is -0.394 e. The molecule has 230 valence electrons. The smallest absolute Gasteiger partial charge is 0.251 e. The third-order valence-electron chi connectivity index (χ3n) is 6.83. The van der Waals surface area contributed by atoms with Crippen LogP contribution in [0.1, 0.15) is 40.5 Å². The van der Waals surface area contributed by atoms with Gasteiger partial charge in [0.25, 0.3) is 5.91 Å². The monoisotopic (exact) mass is 566 g/mol. The summed E-state index contributed by atoms with van der Waals surface area (Å²) in [7, 11) is 5.52. The molecular formula is C25H50N4O10. The number of amides is 2. The highest BCUT2D eigenvalue weighted by atomic mass is 16.7. The quantitative estimate of drug-likeness (QED) is 0.0744. The summed E-state index contributed by atoms with van der Waals surface area (Å²) < 4.78 is 10.7. The van der Waals surface area contributed by atoms with Gasteiger partial charge in [-0.1, -0.05) is 13.8 Å². The van der Waals surface area contributed by atoms with Crippen LogP contribution in [-0.4, -0.2) is 160 Å². The van der Waals surface area contributed by atoms with Gasteiger partial charge in [0.2, 0.25) is 5.91 Å². The first-order valence-corrected chi connectivity index (χ1v) is 13.3. The van der Waals surface area contributed by atoms with Crippen molar-refractivity contribution < 1.29 is 49.7 Å². The number of carbonyl (C=O) groups is 2. The Balaban J connectivity index is 2.64. The lowest BCUT2D eigenvalue weighted by molar-refractivity contribution is -0.292. The van der Waals surface area contributed by atoms with Crippen LogP contribution in [0.15, 0.2) is 0 Å². The zero-order valence-corrected chi connectivity index (χ0v) is 24.2. The average Bonchev–Trinajstić information content (AvgIpc) is 2.87. The van der Waals surface area contributed by atoms with Crippen molar-refractivity contribution in [3.63, 3.8) is 0 Å². The lowest BCUT2D eigenvalue weighted by Crippen LogP contribution is -2.58. The van der Waals surface area contributed by atoms with Gasteiger partial charge in [-0.05, 0) is 33.9 Å². The number of aliphatic hydroxyl groups excluding tert-OH is 6. The highest BCUT2D eigenvalue weighted by molar-refractivity contribution is 5.81. The molecule has 1 rings (SSSR count). The number of carbonyl (C=O) groups excluding carboxylic acids is 2. The van der Waals surface area contributed by atoms with Crippen molar-refractivity contribution in [2.75, 3.05) is 54.0 Å². The molecule has 0 radical (unpaired) electrons. The number of aliphatic hydroxyl groups is 6. The van der Waals surface area contributed by atoms with Gasteiger partial charge in [-0.2, -0.15) is 0 Å². The third kappa shape index (κ3) is 10.1. The summed E-state index contributed by atoms with van der Waals surface area (Å²) in [5.41, 5.74) is -0.483.